The van der Waals surface area contributed by atoms with E-state index >= 15 is 0 Å². The summed E-state index contributed by atoms with van der Waals surface area (Å²) in [7, 11) is 3.23. The highest BCUT2D eigenvalue weighted by Gasteiger charge is 2.27. The fourth-order valence-corrected chi connectivity index (χ4v) is 2.09. The van der Waals surface area contributed by atoms with Crippen LogP contribution in [0.2, 0.25) is 0 Å². The highest BCUT2D eigenvalue weighted by molar-refractivity contribution is 5.43. The number of ether oxygens (including phenoxy) is 2. The van der Waals surface area contributed by atoms with E-state index in [1.807, 2.05) is 18.2 Å². The zero-order valence-corrected chi connectivity index (χ0v) is 13.2. The lowest BCUT2D eigenvalue weighted by molar-refractivity contribution is 0.0451. The van der Waals surface area contributed by atoms with Crippen molar-refractivity contribution in [1.29, 1.82) is 0 Å². The maximum Gasteiger partial charge on any atom is 0.125 e. The summed E-state index contributed by atoms with van der Waals surface area (Å²) in [5, 5.41) is 14.1. The standard InChI is InChI=1S/C16H27NO3/c1-12(2)11-17-9-8-16(3,18)14-10-13(19-4)6-7-15(14)20-5/h6-7,10,12,17-18H,8-9,11H2,1-5H3. The molecule has 4 heteroatoms. The first-order valence-corrected chi connectivity index (χ1v) is 7.06. The SMILES string of the molecule is COc1ccc(OC)c(C(C)(O)CCNCC(C)C)c1. The molecule has 1 aromatic rings. The summed E-state index contributed by atoms with van der Waals surface area (Å²) < 4.78 is 10.6. The monoisotopic (exact) mass is 281 g/mol. The molecule has 20 heavy (non-hydrogen) atoms. The molecule has 0 aliphatic rings. The van der Waals surface area contributed by atoms with Gasteiger partial charge < -0.3 is 19.9 Å². The smallest absolute Gasteiger partial charge is 0.125 e. The van der Waals surface area contributed by atoms with Crippen molar-refractivity contribution in [3.63, 3.8) is 0 Å². The van der Waals surface area contributed by atoms with Gasteiger partial charge in [0.25, 0.3) is 0 Å². The number of hydrogen-bond acceptors (Lipinski definition) is 4. The van der Waals surface area contributed by atoms with Crippen LogP contribution in [0, 0.1) is 5.92 Å². The number of hydrogen-bond donors (Lipinski definition) is 2. The van der Waals surface area contributed by atoms with E-state index in [9.17, 15) is 5.11 Å². The van der Waals surface area contributed by atoms with Crippen LogP contribution in [0.15, 0.2) is 18.2 Å². The summed E-state index contributed by atoms with van der Waals surface area (Å²) in [6.07, 6.45) is 0.614. The number of rotatable bonds is 8. The minimum atomic E-state index is -0.955. The summed E-state index contributed by atoms with van der Waals surface area (Å²) in [5.74, 6) is 2.00. The number of benzene rings is 1. The Balaban J connectivity index is 2.79. The van der Waals surface area contributed by atoms with E-state index < -0.39 is 5.60 Å². The van der Waals surface area contributed by atoms with Gasteiger partial charge in [-0.1, -0.05) is 13.8 Å². The normalized spacial score (nSPS) is 14.2. The Bertz CT molecular complexity index is 416. The van der Waals surface area contributed by atoms with Gasteiger partial charge in [-0.25, -0.2) is 0 Å². The third-order valence-corrected chi connectivity index (χ3v) is 3.33. The Morgan fingerprint density at radius 2 is 1.95 bits per heavy atom. The fraction of sp³-hybridized carbons (Fsp3) is 0.625. The number of nitrogens with one attached hydrogen (secondary N) is 1. The number of aliphatic hydroxyl groups is 1. The molecule has 4 nitrogen and oxygen atoms in total. The van der Waals surface area contributed by atoms with Crippen LogP contribution in [0.3, 0.4) is 0 Å². The molecule has 0 radical (unpaired) electrons. The van der Waals surface area contributed by atoms with Crippen molar-refractivity contribution in [3.05, 3.63) is 23.8 Å². The summed E-state index contributed by atoms with van der Waals surface area (Å²) in [6.45, 7) is 7.84. The molecule has 1 rings (SSSR count). The largest absolute Gasteiger partial charge is 0.497 e. The predicted molar refractivity (Wildman–Crippen MR) is 81.4 cm³/mol. The van der Waals surface area contributed by atoms with Crippen LogP contribution in [0.1, 0.15) is 32.8 Å². The molecular weight excluding hydrogens is 254 g/mol. The molecule has 1 aromatic carbocycles. The molecule has 2 N–H and O–H groups in total. The topological polar surface area (TPSA) is 50.7 Å². The van der Waals surface area contributed by atoms with Gasteiger partial charge in [-0.3, -0.25) is 0 Å². The summed E-state index contributed by atoms with van der Waals surface area (Å²) in [5.41, 5.74) is -0.199. The molecule has 0 spiro atoms. The quantitative estimate of drug-likeness (QED) is 0.719. The summed E-state index contributed by atoms with van der Waals surface area (Å²) in [4.78, 5) is 0. The van der Waals surface area contributed by atoms with Crippen LogP contribution in [0.25, 0.3) is 0 Å². The molecule has 0 bridgehead atoms. The molecule has 0 aliphatic heterocycles. The molecule has 0 amide bonds. The van der Waals surface area contributed by atoms with E-state index in [-0.39, 0.29) is 0 Å². The van der Waals surface area contributed by atoms with E-state index in [4.69, 9.17) is 9.47 Å². The molecule has 0 saturated heterocycles. The van der Waals surface area contributed by atoms with Crippen molar-refractivity contribution in [2.45, 2.75) is 32.8 Å². The van der Waals surface area contributed by atoms with Gasteiger partial charge in [-0.15, -0.1) is 0 Å². The van der Waals surface area contributed by atoms with Gasteiger partial charge in [-0.05, 0) is 50.6 Å². The molecular formula is C16H27NO3. The zero-order chi connectivity index (χ0) is 15.2. The first-order chi connectivity index (χ1) is 9.40. The average molecular weight is 281 g/mol. The van der Waals surface area contributed by atoms with Crippen molar-refractivity contribution in [2.24, 2.45) is 5.92 Å². The fourth-order valence-electron chi connectivity index (χ4n) is 2.09. The molecule has 0 heterocycles. The van der Waals surface area contributed by atoms with Gasteiger partial charge >= 0.3 is 0 Å². The van der Waals surface area contributed by atoms with Gasteiger partial charge in [0.15, 0.2) is 0 Å². The van der Waals surface area contributed by atoms with Crippen molar-refractivity contribution in [1.82, 2.24) is 5.32 Å². The highest BCUT2D eigenvalue weighted by atomic mass is 16.5. The average Bonchev–Trinajstić information content (AvgIpc) is 2.42. The zero-order valence-electron chi connectivity index (χ0n) is 13.2. The summed E-state index contributed by atoms with van der Waals surface area (Å²) >= 11 is 0. The molecule has 0 fully saturated rings. The first kappa shape index (κ1) is 16.8. The van der Waals surface area contributed by atoms with Crippen molar-refractivity contribution in [3.8, 4) is 11.5 Å². The first-order valence-electron chi connectivity index (χ1n) is 7.06. The van der Waals surface area contributed by atoms with Gasteiger partial charge in [0.1, 0.15) is 11.5 Å². The van der Waals surface area contributed by atoms with Crippen molar-refractivity contribution in [2.75, 3.05) is 27.3 Å². The lowest BCUT2D eigenvalue weighted by atomic mass is 9.91. The van der Waals surface area contributed by atoms with Crippen LogP contribution >= 0.6 is 0 Å². The second-order valence-electron chi connectivity index (χ2n) is 5.69. The maximum absolute atomic E-state index is 10.7. The van der Waals surface area contributed by atoms with E-state index in [1.54, 1.807) is 21.1 Å². The molecule has 114 valence electrons. The van der Waals surface area contributed by atoms with Crippen molar-refractivity contribution >= 4 is 0 Å². The second-order valence-corrected chi connectivity index (χ2v) is 5.69. The molecule has 0 aliphatic carbocycles. The third-order valence-electron chi connectivity index (χ3n) is 3.33. The van der Waals surface area contributed by atoms with E-state index in [1.165, 1.54) is 0 Å². The lowest BCUT2D eigenvalue weighted by Gasteiger charge is -2.26. The van der Waals surface area contributed by atoms with Crippen LogP contribution in [0.4, 0.5) is 0 Å². The Labute approximate surface area is 122 Å². The maximum atomic E-state index is 10.7. The Morgan fingerprint density at radius 3 is 2.50 bits per heavy atom. The molecule has 1 unspecified atom stereocenters. The highest BCUT2D eigenvalue weighted by Crippen LogP contribution is 2.34. The minimum absolute atomic E-state index is 0.603. The Hall–Kier alpha value is -1.26. The van der Waals surface area contributed by atoms with Crippen LogP contribution in [-0.2, 0) is 5.60 Å². The second kappa shape index (κ2) is 7.50. The van der Waals surface area contributed by atoms with Crippen LogP contribution in [-0.4, -0.2) is 32.4 Å². The lowest BCUT2D eigenvalue weighted by Crippen LogP contribution is -2.30. The van der Waals surface area contributed by atoms with E-state index in [0.717, 1.165) is 24.4 Å². The van der Waals surface area contributed by atoms with E-state index in [2.05, 4.69) is 19.2 Å². The van der Waals surface area contributed by atoms with Crippen LogP contribution < -0.4 is 14.8 Å². The molecule has 0 aromatic heterocycles. The Morgan fingerprint density at radius 1 is 1.25 bits per heavy atom. The minimum Gasteiger partial charge on any atom is -0.497 e. The number of methoxy groups -OCH3 is 2. The molecule has 1 atom stereocenters. The van der Waals surface area contributed by atoms with Gasteiger partial charge in [0.05, 0.1) is 19.8 Å². The van der Waals surface area contributed by atoms with Gasteiger partial charge in [0.2, 0.25) is 0 Å². The van der Waals surface area contributed by atoms with E-state index in [0.29, 0.717) is 18.1 Å². The van der Waals surface area contributed by atoms with Gasteiger partial charge in [0, 0.05) is 5.56 Å². The predicted octanol–water partition coefficient (Wildman–Crippen LogP) is 2.55. The Kier molecular flexibility index (Phi) is 6.30. The summed E-state index contributed by atoms with van der Waals surface area (Å²) in [6, 6.07) is 5.49. The van der Waals surface area contributed by atoms with Crippen LogP contribution in [0.5, 0.6) is 11.5 Å². The van der Waals surface area contributed by atoms with Gasteiger partial charge in [-0.2, -0.15) is 0 Å². The van der Waals surface area contributed by atoms with Crippen molar-refractivity contribution < 1.29 is 14.6 Å². The third kappa shape index (κ3) is 4.69. The molecule has 0 saturated carbocycles.